The zero-order valence-corrected chi connectivity index (χ0v) is 19.4. The van der Waals surface area contributed by atoms with E-state index >= 15 is 0 Å². The van der Waals surface area contributed by atoms with Gasteiger partial charge in [0, 0.05) is 37.3 Å². The maximum atomic E-state index is 14.9. The van der Waals surface area contributed by atoms with Gasteiger partial charge in [0.1, 0.15) is 11.8 Å². The summed E-state index contributed by atoms with van der Waals surface area (Å²) in [6, 6.07) is 7.54. The summed E-state index contributed by atoms with van der Waals surface area (Å²) in [6.07, 6.45) is 3.77. The van der Waals surface area contributed by atoms with Gasteiger partial charge < -0.3 is 20.7 Å². The van der Waals surface area contributed by atoms with E-state index in [0.717, 1.165) is 49.1 Å². The molecule has 35 heavy (non-hydrogen) atoms. The Kier molecular flexibility index (Phi) is 7.30. The van der Waals surface area contributed by atoms with Gasteiger partial charge >= 0.3 is 6.09 Å². The van der Waals surface area contributed by atoms with Crippen molar-refractivity contribution in [1.29, 1.82) is 0 Å². The minimum atomic E-state index is -1.01. The van der Waals surface area contributed by atoms with Crippen molar-refractivity contribution in [2.45, 2.75) is 44.2 Å². The van der Waals surface area contributed by atoms with Crippen molar-refractivity contribution in [3.05, 3.63) is 63.8 Å². The van der Waals surface area contributed by atoms with Crippen LogP contribution in [0.3, 0.4) is 0 Å². The van der Waals surface area contributed by atoms with Crippen LogP contribution in [0.4, 0.5) is 30.6 Å². The van der Waals surface area contributed by atoms with E-state index in [-0.39, 0.29) is 42.0 Å². The van der Waals surface area contributed by atoms with Crippen molar-refractivity contribution in [3.63, 3.8) is 0 Å². The molecule has 2 amide bonds. The SMILES string of the molecule is CN(C(=O)c1cccc(=O)c(Nc2c(F)cc(N3C[C@H](CN)OC3=O)cc2F)c1)C1CCCCC1. The molecule has 3 N–H and O–H groups in total. The Bertz CT molecular complexity index is 1160. The van der Waals surface area contributed by atoms with Gasteiger partial charge in [0.2, 0.25) is 5.43 Å². The number of nitrogens with two attached hydrogens (primary N) is 1. The lowest BCUT2D eigenvalue weighted by Gasteiger charge is -2.31. The van der Waals surface area contributed by atoms with E-state index in [0.29, 0.717) is 0 Å². The number of cyclic esters (lactones) is 1. The molecule has 0 radical (unpaired) electrons. The van der Waals surface area contributed by atoms with E-state index in [1.807, 2.05) is 0 Å². The minimum Gasteiger partial charge on any atom is -0.443 e. The quantitative estimate of drug-likeness (QED) is 0.644. The predicted octanol–water partition coefficient (Wildman–Crippen LogP) is 3.76. The second kappa shape index (κ2) is 10.4. The third-order valence-electron chi connectivity index (χ3n) is 6.51. The lowest BCUT2D eigenvalue weighted by molar-refractivity contribution is 0.0696. The summed E-state index contributed by atoms with van der Waals surface area (Å²) in [5.41, 5.74) is 4.45. The fourth-order valence-electron chi connectivity index (χ4n) is 4.50. The monoisotopic (exact) mass is 486 g/mol. The summed E-state index contributed by atoms with van der Waals surface area (Å²) >= 11 is 0. The lowest BCUT2D eigenvalue weighted by Crippen LogP contribution is -2.38. The maximum absolute atomic E-state index is 14.9. The van der Waals surface area contributed by atoms with Gasteiger partial charge in [-0.15, -0.1) is 0 Å². The van der Waals surface area contributed by atoms with Gasteiger partial charge in [-0.25, -0.2) is 13.6 Å². The maximum Gasteiger partial charge on any atom is 0.414 e. The summed E-state index contributed by atoms with van der Waals surface area (Å²) in [5, 5.41) is 2.50. The first-order valence-corrected chi connectivity index (χ1v) is 11.6. The number of hydrogen-bond donors (Lipinski definition) is 2. The highest BCUT2D eigenvalue weighted by atomic mass is 19.1. The molecule has 10 heteroatoms. The topological polar surface area (TPSA) is 105 Å². The Hall–Kier alpha value is -3.53. The van der Waals surface area contributed by atoms with Crippen LogP contribution in [-0.2, 0) is 4.74 Å². The Morgan fingerprint density at radius 2 is 1.83 bits per heavy atom. The molecule has 1 saturated carbocycles. The number of benzene rings is 1. The molecule has 1 saturated heterocycles. The van der Waals surface area contributed by atoms with Gasteiger partial charge in [0.15, 0.2) is 11.6 Å². The van der Waals surface area contributed by atoms with Crippen LogP contribution in [0.1, 0.15) is 42.5 Å². The number of halogens is 2. The molecule has 2 aliphatic rings. The summed E-state index contributed by atoms with van der Waals surface area (Å²) in [5.74, 6) is -2.29. The number of nitrogens with zero attached hydrogens (tertiary/aromatic N) is 2. The number of carbonyl (C=O) groups is 2. The molecule has 2 aromatic carbocycles. The highest BCUT2D eigenvalue weighted by Gasteiger charge is 2.32. The van der Waals surface area contributed by atoms with Crippen LogP contribution in [-0.4, -0.2) is 49.2 Å². The Labute approximate surface area is 201 Å². The molecule has 0 unspecified atom stereocenters. The predicted molar refractivity (Wildman–Crippen MR) is 128 cm³/mol. The number of nitrogens with one attached hydrogen (secondary N) is 1. The van der Waals surface area contributed by atoms with Gasteiger partial charge in [-0.3, -0.25) is 14.5 Å². The van der Waals surface area contributed by atoms with Crippen molar-refractivity contribution >= 4 is 29.1 Å². The van der Waals surface area contributed by atoms with Crippen LogP contribution in [0.15, 0.2) is 41.2 Å². The third kappa shape index (κ3) is 5.27. The normalized spacial score (nSPS) is 18.3. The van der Waals surface area contributed by atoms with Crippen LogP contribution in [0, 0.1) is 11.6 Å². The fraction of sp³-hybridized carbons (Fsp3) is 0.400. The van der Waals surface area contributed by atoms with Crippen LogP contribution in [0.25, 0.3) is 0 Å². The van der Waals surface area contributed by atoms with Crippen LogP contribution in [0.2, 0.25) is 0 Å². The Morgan fingerprint density at radius 3 is 2.46 bits per heavy atom. The molecule has 2 aromatic rings. The van der Waals surface area contributed by atoms with Crippen molar-refractivity contribution in [3.8, 4) is 0 Å². The molecule has 186 valence electrons. The summed E-state index contributed by atoms with van der Waals surface area (Å²) in [6.45, 7) is 0.154. The van der Waals surface area contributed by atoms with Gasteiger partial charge in [0.25, 0.3) is 5.91 Å². The number of carbonyl (C=O) groups excluding carboxylic acids is 2. The fourth-order valence-corrected chi connectivity index (χ4v) is 4.50. The largest absolute Gasteiger partial charge is 0.443 e. The smallest absolute Gasteiger partial charge is 0.414 e. The summed E-state index contributed by atoms with van der Waals surface area (Å²) in [7, 11) is 1.73. The van der Waals surface area contributed by atoms with Crippen LogP contribution in [0.5, 0.6) is 0 Å². The van der Waals surface area contributed by atoms with Gasteiger partial charge in [-0.2, -0.15) is 0 Å². The van der Waals surface area contributed by atoms with Crippen molar-refractivity contribution in [2.75, 3.05) is 30.4 Å². The molecule has 1 atom stereocenters. The molecule has 1 heterocycles. The Balaban J connectivity index is 1.60. The van der Waals surface area contributed by atoms with E-state index in [1.54, 1.807) is 11.9 Å². The second-order valence-electron chi connectivity index (χ2n) is 8.87. The van der Waals surface area contributed by atoms with E-state index in [4.69, 9.17) is 10.5 Å². The average molecular weight is 487 g/mol. The summed E-state index contributed by atoms with van der Waals surface area (Å²) < 4.78 is 34.9. The first kappa shape index (κ1) is 24.6. The highest BCUT2D eigenvalue weighted by Crippen LogP contribution is 2.30. The van der Waals surface area contributed by atoms with Gasteiger partial charge in [-0.05, 0) is 31.0 Å². The van der Waals surface area contributed by atoms with E-state index in [1.165, 1.54) is 24.3 Å². The molecular weight excluding hydrogens is 458 g/mol. The average Bonchev–Trinajstić information content (AvgIpc) is 3.14. The first-order valence-electron chi connectivity index (χ1n) is 11.6. The molecule has 0 aromatic heterocycles. The van der Waals surface area contributed by atoms with Crippen molar-refractivity contribution < 1.29 is 23.1 Å². The molecular formula is C25H28F2N4O4. The van der Waals surface area contributed by atoms with E-state index in [2.05, 4.69) is 5.32 Å². The zero-order chi connectivity index (χ0) is 25.1. The molecule has 0 bridgehead atoms. The van der Waals surface area contributed by atoms with Crippen molar-refractivity contribution in [2.24, 2.45) is 5.73 Å². The van der Waals surface area contributed by atoms with Gasteiger partial charge in [-0.1, -0.05) is 25.3 Å². The molecule has 2 fully saturated rings. The summed E-state index contributed by atoms with van der Waals surface area (Å²) in [4.78, 5) is 40.4. The van der Waals surface area contributed by atoms with E-state index in [9.17, 15) is 23.2 Å². The van der Waals surface area contributed by atoms with E-state index < -0.39 is 34.9 Å². The molecule has 1 aliphatic heterocycles. The first-order chi connectivity index (χ1) is 16.8. The number of anilines is 3. The number of hydrogen-bond acceptors (Lipinski definition) is 6. The lowest BCUT2D eigenvalue weighted by atomic mass is 9.94. The number of amides is 2. The number of rotatable bonds is 6. The molecule has 4 rings (SSSR count). The van der Waals surface area contributed by atoms with Crippen LogP contribution < -0.4 is 21.4 Å². The van der Waals surface area contributed by atoms with Crippen molar-refractivity contribution in [1.82, 2.24) is 4.90 Å². The zero-order valence-electron chi connectivity index (χ0n) is 19.4. The van der Waals surface area contributed by atoms with Gasteiger partial charge in [0.05, 0.1) is 17.9 Å². The molecule has 0 spiro atoms. The minimum absolute atomic E-state index is 0.0302. The van der Waals surface area contributed by atoms with Crippen LogP contribution >= 0.6 is 0 Å². The molecule has 8 nitrogen and oxygen atoms in total. The number of ether oxygens (including phenoxy) is 1. The second-order valence-corrected chi connectivity index (χ2v) is 8.87. The standard InChI is InChI=1S/C25H28F2N4O4/c1-30(16-7-3-2-4-8-16)24(33)15-6-5-9-22(32)21(10-15)29-23-19(26)11-17(12-20(23)27)31-14-18(13-28)35-25(31)34/h5-6,9-12,16,18H,2-4,7-8,13-14,28H2,1H3,(H,29,32)/t18-/m0/s1. The Morgan fingerprint density at radius 1 is 1.14 bits per heavy atom. The highest BCUT2D eigenvalue weighted by molar-refractivity contribution is 5.95. The third-order valence-corrected chi connectivity index (χ3v) is 6.51. The molecule has 1 aliphatic carbocycles.